The van der Waals surface area contributed by atoms with Gasteiger partial charge in [0.1, 0.15) is 11.6 Å². The lowest BCUT2D eigenvalue weighted by molar-refractivity contribution is 0.243. The number of aromatic nitrogens is 4. The second-order valence-corrected chi connectivity index (χ2v) is 5.75. The van der Waals surface area contributed by atoms with Crippen molar-refractivity contribution in [1.82, 2.24) is 24.6 Å². The molecule has 0 aliphatic heterocycles. The van der Waals surface area contributed by atoms with Crippen LogP contribution in [0.5, 0.6) is 0 Å². The first kappa shape index (κ1) is 15.7. The largest absolute Gasteiger partial charge is 0.370 e. The Bertz CT molecular complexity index is 589. The summed E-state index contributed by atoms with van der Waals surface area (Å²) in [6, 6.07) is 0. The maximum absolute atomic E-state index is 4.68. The normalized spacial score (nSPS) is 11.8. The summed E-state index contributed by atoms with van der Waals surface area (Å²) in [7, 11) is 1.92. The molecule has 0 aliphatic carbocycles. The van der Waals surface area contributed by atoms with E-state index in [9.17, 15) is 0 Å². The minimum absolute atomic E-state index is 0.638. The summed E-state index contributed by atoms with van der Waals surface area (Å²) >= 11 is 0. The SMILES string of the molecule is CCNc1nc(CN(CC)CC(C)C)nc2c1cnn2C. The Labute approximate surface area is 126 Å². The molecule has 21 heavy (non-hydrogen) atoms. The number of aryl methyl sites for hydroxylation is 1. The summed E-state index contributed by atoms with van der Waals surface area (Å²) in [5, 5.41) is 8.58. The van der Waals surface area contributed by atoms with Gasteiger partial charge in [-0.15, -0.1) is 0 Å². The molecule has 6 nitrogen and oxygen atoms in total. The van der Waals surface area contributed by atoms with Gasteiger partial charge in [0.25, 0.3) is 0 Å². The van der Waals surface area contributed by atoms with Crippen molar-refractivity contribution in [2.45, 2.75) is 34.2 Å². The Balaban J connectivity index is 2.32. The van der Waals surface area contributed by atoms with Gasteiger partial charge in [0.05, 0.1) is 18.1 Å². The van der Waals surface area contributed by atoms with Gasteiger partial charge in [0.15, 0.2) is 5.65 Å². The van der Waals surface area contributed by atoms with Crippen molar-refractivity contribution in [2.24, 2.45) is 13.0 Å². The standard InChI is InChI=1S/C15H26N6/c1-6-16-14-12-8-17-20(5)15(12)19-13(18-14)10-21(7-2)9-11(3)4/h8,11H,6-7,9-10H2,1-5H3,(H,16,18,19). The van der Waals surface area contributed by atoms with Gasteiger partial charge in [-0.25, -0.2) is 9.97 Å². The molecule has 1 N–H and O–H groups in total. The predicted molar refractivity (Wildman–Crippen MR) is 86.3 cm³/mol. The summed E-state index contributed by atoms with van der Waals surface area (Å²) in [5.41, 5.74) is 0.886. The molecular weight excluding hydrogens is 264 g/mol. The summed E-state index contributed by atoms with van der Waals surface area (Å²) in [6.45, 7) is 12.4. The molecule has 2 aromatic rings. The van der Waals surface area contributed by atoms with E-state index in [1.807, 2.05) is 13.2 Å². The smallest absolute Gasteiger partial charge is 0.163 e. The van der Waals surface area contributed by atoms with E-state index in [-0.39, 0.29) is 0 Å². The van der Waals surface area contributed by atoms with Crippen LogP contribution in [-0.2, 0) is 13.6 Å². The second-order valence-electron chi connectivity index (χ2n) is 5.75. The molecule has 0 unspecified atom stereocenters. The molecule has 0 saturated heterocycles. The van der Waals surface area contributed by atoms with E-state index in [1.54, 1.807) is 4.68 Å². The first-order valence-electron chi connectivity index (χ1n) is 7.70. The first-order valence-corrected chi connectivity index (χ1v) is 7.70. The van der Waals surface area contributed by atoms with Gasteiger partial charge in [-0.05, 0) is 19.4 Å². The Morgan fingerprint density at radius 3 is 2.67 bits per heavy atom. The van der Waals surface area contributed by atoms with Crippen molar-refractivity contribution >= 4 is 16.9 Å². The zero-order valence-corrected chi connectivity index (χ0v) is 13.7. The Morgan fingerprint density at radius 2 is 2.05 bits per heavy atom. The van der Waals surface area contributed by atoms with Gasteiger partial charge in [0, 0.05) is 20.1 Å². The van der Waals surface area contributed by atoms with Gasteiger partial charge in [-0.3, -0.25) is 9.58 Å². The third-order valence-corrected chi connectivity index (χ3v) is 3.42. The number of hydrogen-bond donors (Lipinski definition) is 1. The van der Waals surface area contributed by atoms with Crippen molar-refractivity contribution in [3.8, 4) is 0 Å². The summed E-state index contributed by atoms with van der Waals surface area (Å²) in [5.74, 6) is 2.37. The fraction of sp³-hybridized carbons (Fsp3) is 0.667. The molecule has 0 spiro atoms. The summed E-state index contributed by atoms with van der Waals surface area (Å²) in [6.07, 6.45) is 1.82. The molecule has 116 valence electrons. The van der Waals surface area contributed by atoms with Crippen LogP contribution in [0.3, 0.4) is 0 Å². The second kappa shape index (κ2) is 6.85. The fourth-order valence-corrected chi connectivity index (χ4v) is 2.46. The number of hydrogen-bond acceptors (Lipinski definition) is 5. The van der Waals surface area contributed by atoms with E-state index in [1.165, 1.54) is 0 Å². The monoisotopic (exact) mass is 290 g/mol. The lowest BCUT2D eigenvalue weighted by Gasteiger charge is -2.21. The zero-order valence-electron chi connectivity index (χ0n) is 13.7. The number of nitrogens with one attached hydrogen (secondary N) is 1. The first-order chi connectivity index (χ1) is 10.0. The van der Waals surface area contributed by atoms with Gasteiger partial charge >= 0.3 is 0 Å². The van der Waals surface area contributed by atoms with Crippen LogP contribution < -0.4 is 5.32 Å². The van der Waals surface area contributed by atoms with Crippen molar-refractivity contribution in [1.29, 1.82) is 0 Å². The minimum atomic E-state index is 0.638. The molecule has 0 saturated carbocycles. The third-order valence-electron chi connectivity index (χ3n) is 3.42. The van der Waals surface area contributed by atoms with Crippen molar-refractivity contribution in [2.75, 3.05) is 25.0 Å². The van der Waals surface area contributed by atoms with Crippen LogP contribution in [-0.4, -0.2) is 44.3 Å². The van der Waals surface area contributed by atoms with Crippen LogP contribution in [0.15, 0.2) is 6.20 Å². The Kier molecular flexibility index (Phi) is 5.12. The highest BCUT2D eigenvalue weighted by atomic mass is 15.3. The van der Waals surface area contributed by atoms with E-state index in [2.05, 4.69) is 53.0 Å². The van der Waals surface area contributed by atoms with Crippen LogP contribution >= 0.6 is 0 Å². The van der Waals surface area contributed by atoms with Crippen molar-refractivity contribution in [3.05, 3.63) is 12.0 Å². The highest BCUT2D eigenvalue weighted by molar-refractivity contribution is 5.86. The Hall–Kier alpha value is -1.69. The van der Waals surface area contributed by atoms with Gasteiger partial charge in [-0.1, -0.05) is 20.8 Å². The average molecular weight is 290 g/mol. The topological polar surface area (TPSA) is 58.9 Å². The highest BCUT2D eigenvalue weighted by Crippen LogP contribution is 2.20. The van der Waals surface area contributed by atoms with E-state index in [0.29, 0.717) is 5.92 Å². The highest BCUT2D eigenvalue weighted by Gasteiger charge is 2.13. The van der Waals surface area contributed by atoms with E-state index in [0.717, 1.165) is 48.9 Å². The number of rotatable bonds is 7. The summed E-state index contributed by atoms with van der Waals surface area (Å²) < 4.78 is 1.81. The van der Waals surface area contributed by atoms with Crippen LogP contribution in [0.4, 0.5) is 5.82 Å². The average Bonchev–Trinajstić information content (AvgIpc) is 2.80. The number of nitrogens with zero attached hydrogens (tertiary/aromatic N) is 5. The number of fused-ring (bicyclic) bond motifs is 1. The predicted octanol–water partition coefficient (Wildman–Crippen LogP) is 2.27. The van der Waals surface area contributed by atoms with Crippen LogP contribution in [0.25, 0.3) is 11.0 Å². The number of anilines is 1. The maximum atomic E-state index is 4.68. The molecule has 0 aromatic carbocycles. The quantitative estimate of drug-likeness (QED) is 0.847. The van der Waals surface area contributed by atoms with Crippen LogP contribution in [0, 0.1) is 5.92 Å². The van der Waals surface area contributed by atoms with Gasteiger partial charge in [0.2, 0.25) is 0 Å². The molecule has 6 heteroatoms. The summed E-state index contributed by atoms with van der Waals surface area (Å²) in [4.78, 5) is 11.7. The maximum Gasteiger partial charge on any atom is 0.163 e. The van der Waals surface area contributed by atoms with E-state index in [4.69, 9.17) is 0 Å². The van der Waals surface area contributed by atoms with Crippen molar-refractivity contribution < 1.29 is 0 Å². The minimum Gasteiger partial charge on any atom is -0.370 e. The molecule has 2 heterocycles. The molecule has 2 aromatic heterocycles. The third kappa shape index (κ3) is 3.69. The fourth-order valence-electron chi connectivity index (χ4n) is 2.46. The van der Waals surface area contributed by atoms with E-state index < -0.39 is 0 Å². The molecule has 0 aliphatic rings. The zero-order chi connectivity index (χ0) is 15.4. The van der Waals surface area contributed by atoms with Gasteiger partial charge < -0.3 is 5.32 Å². The van der Waals surface area contributed by atoms with Crippen molar-refractivity contribution in [3.63, 3.8) is 0 Å². The lowest BCUT2D eigenvalue weighted by Crippen LogP contribution is -2.28. The van der Waals surface area contributed by atoms with Gasteiger partial charge in [-0.2, -0.15) is 5.10 Å². The van der Waals surface area contributed by atoms with Crippen LogP contribution in [0.1, 0.15) is 33.5 Å². The molecule has 0 radical (unpaired) electrons. The van der Waals surface area contributed by atoms with Crippen LogP contribution in [0.2, 0.25) is 0 Å². The molecule has 0 atom stereocenters. The molecule has 0 bridgehead atoms. The Morgan fingerprint density at radius 1 is 1.29 bits per heavy atom. The molecular formula is C15H26N6. The molecule has 0 amide bonds. The molecule has 0 fully saturated rings. The molecule has 2 rings (SSSR count). The lowest BCUT2D eigenvalue weighted by atomic mass is 10.2. The van der Waals surface area contributed by atoms with E-state index >= 15 is 0 Å².